The summed E-state index contributed by atoms with van der Waals surface area (Å²) < 4.78 is 54.9. The van der Waals surface area contributed by atoms with E-state index < -0.39 is 115 Å². The van der Waals surface area contributed by atoms with E-state index in [-0.39, 0.29) is 45.0 Å². The second-order valence-corrected chi connectivity index (χ2v) is 15.8. The Morgan fingerprint density at radius 3 is 1.25 bits per heavy atom. The number of ether oxygens (including phenoxy) is 8. The van der Waals surface area contributed by atoms with Gasteiger partial charge >= 0.3 is 11.9 Å². The van der Waals surface area contributed by atoms with Crippen molar-refractivity contribution in [1.82, 2.24) is 0 Å². The number of phenolic OH excluding ortho intramolecular Hbond substituents is 2. The number of fused-ring (bicyclic) bond motifs is 2. The lowest BCUT2D eigenvalue weighted by Gasteiger charge is -2.40. The van der Waals surface area contributed by atoms with Crippen molar-refractivity contribution in [1.29, 1.82) is 0 Å². The van der Waals surface area contributed by atoms with E-state index in [1.165, 1.54) is 38.5 Å². The van der Waals surface area contributed by atoms with Gasteiger partial charge in [-0.1, -0.05) is 0 Å². The molecule has 0 aliphatic carbocycles. The standard InChI is InChI=1S/C47H44O22/c1-60-22-7-3-20(4-8-22)30-15-28(50)38-26(48)11-24(13-32(38)66-30)64-46-44(58)42(56)40(54)34(68-46)18-62-36(52)17-37(53)63-19-35-41(55)43(57)45(59)47(69-35)65-25-12-27(49)39-29(51)16-31(67-33(39)14-25)21-5-9-23(61-2)10-6-21/h3-16,34-35,40-49,54-59H,17-19H2,1-2H3/t34-,35-,40-,41+,42+,43+,44+,45-,46-,47-/m1/s1. The maximum atomic E-state index is 13.0. The highest BCUT2D eigenvalue weighted by atomic mass is 16.7. The lowest BCUT2D eigenvalue weighted by Crippen LogP contribution is -2.60. The highest BCUT2D eigenvalue weighted by Gasteiger charge is 2.47. The largest absolute Gasteiger partial charge is 0.507 e. The van der Waals surface area contributed by atoms with Gasteiger partial charge in [-0.2, -0.15) is 0 Å². The smallest absolute Gasteiger partial charge is 0.317 e. The summed E-state index contributed by atoms with van der Waals surface area (Å²) in [5.41, 5.74) is -0.373. The molecule has 0 saturated carbocycles. The first kappa shape index (κ1) is 48.2. The van der Waals surface area contributed by atoms with E-state index in [1.54, 1.807) is 48.5 Å². The van der Waals surface area contributed by atoms with Crippen molar-refractivity contribution < 1.29 is 97.2 Å². The Morgan fingerprint density at radius 2 is 0.884 bits per heavy atom. The molecule has 2 fully saturated rings. The number of benzene rings is 4. The van der Waals surface area contributed by atoms with E-state index in [4.69, 9.17) is 46.7 Å². The van der Waals surface area contributed by atoms with Crippen molar-refractivity contribution in [2.75, 3.05) is 27.4 Å². The zero-order valence-corrected chi connectivity index (χ0v) is 36.3. The Balaban J connectivity index is 0.864. The molecule has 8 rings (SSSR count). The average molecular weight is 961 g/mol. The van der Waals surface area contributed by atoms with Crippen LogP contribution in [0, 0.1) is 0 Å². The van der Waals surface area contributed by atoms with Gasteiger partial charge in [-0.25, -0.2) is 0 Å². The zero-order valence-electron chi connectivity index (χ0n) is 36.3. The molecule has 0 spiro atoms. The van der Waals surface area contributed by atoms with Gasteiger partial charge in [0.2, 0.25) is 12.6 Å². The number of esters is 2. The molecule has 4 heterocycles. The number of methoxy groups -OCH3 is 2. The summed E-state index contributed by atoms with van der Waals surface area (Å²) in [5, 5.41) is 85.0. The Kier molecular flexibility index (Phi) is 14.1. The molecule has 6 aromatic rings. The molecule has 2 aliphatic rings. The van der Waals surface area contributed by atoms with Crippen LogP contribution in [0.4, 0.5) is 0 Å². The van der Waals surface area contributed by atoms with Crippen LogP contribution >= 0.6 is 0 Å². The van der Waals surface area contributed by atoms with Crippen LogP contribution in [0.15, 0.2) is 103 Å². The second-order valence-electron chi connectivity index (χ2n) is 15.8. The number of aliphatic hydroxyl groups is 6. The van der Waals surface area contributed by atoms with Crippen LogP contribution in [0.2, 0.25) is 0 Å². The first-order valence-corrected chi connectivity index (χ1v) is 21.0. The molecule has 364 valence electrons. The summed E-state index contributed by atoms with van der Waals surface area (Å²) in [7, 11) is 2.98. The number of phenols is 2. The van der Waals surface area contributed by atoms with Crippen LogP contribution in [0.5, 0.6) is 34.5 Å². The van der Waals surface area contributed by atoms with Crippen LogP contribution in [0.1, 0.15) is 6.42 Å². The van der Waals surface area contributed by atoms with Crippen molar-refractivity contribution in [3.63, 3.8) is 0 Å². The monoisotopic (exact) mass is 960 g/mol. The Labute approximate surface area is 388 Å². The molecule has 22 nitrogen and oxygen atoms in total. The highest BCUT2D eigenvalue weighted by molar-refractivity contribution is 5.91. The number of hydrogen-bond donors (Lipinski definition) is 8. The maximum absolute atomic E-state index is 13.0. The van der Waals surface area contributed by atoms with E-state index in [0.29, 0.717) is 22.6 Å². The molecule has 0 bridgehead atoms. The van der Waals surface area contributed by atoms with E-state index in [9.17, 15) is 60.0 Å². The molecular weight excluding hydrogens is 916 g/mol. The van der Waals surface area contributed by atoms with E-state index in [0.717, 1.165) is 12.1 Å². The summed E-state index contributed by atoms with van der Waals surface area (Å²) in [6, 6.07) is 20.1. The Morgan fingerprint density at radius 1 is 0.507 bits per heavy atom. The van der Waals surface area contributed by atoms with E-state index >= 15 is 0 Å². The number of carbonyl (C=O) groups excluding carboxylic acids is 2. The topological polar surface area (TPSA) is 330 Å². The summed E-state index contributed by atoms with van der Waals surface area (Å²) in [6.07, 6.45) is -18.9. The normalized spacial score (nSPS) is 24.6. The first-order chi connectivity index (χ1) is 33.0. The van der Waals surface area contributed by atoms with Gasteiger partial charge in [0.05, 0.1) is 14.2 Å². The quantitative estimate of drug-likeness (QED) is 0.0562. The number of rotatable bonds is 14. The third kappa shape index (κ3) is 10.3. The number of aromatic hydroxyl groups is 2. The molecule has 2 aromatic heterocycles. The number of carbonyl (C=O) groups is 2. The van der Waals surface area contributed by atoms with Crippen molar-refractivity contribution in [2.24, 2.45) is 0 Å². The lowest BCUT2D eigenvalue weighted by molar-refractivity contribution is -0.279. The van der Waals surface area contributed by atoms with Crippen molar-refractivity contribution in [2.45, 2.75) is 67.8 Å². The SMILES string of the molecule is COc1ccc(-c2cc(=O)c3c(O)cc(O[C@@H]4O[C@H](COC(=O)CC(=O)OC[C@H]5O[C@@H](Oc6cc(O)c7c(=O)cc(-c8ccc(OC)cc8)oc7c6)[C@H](O)[C@@H](O)[C@H]5O)[C@@H](O)[C@H](O)[C@@H]4O)cc3o2)cc1. The average Bonchev–Trinajstić information content (AvgIpc) is 3.33. The van der Waals surface area contributed by atoms with Gasteiger partial charge < -0.3 is 87.6 Å². The molecule has 2 saturated heterocycles. The van der Waals surface area contributed by atoms with Crippen LogP contribution < -0.4 is 29.8 Å². The molecule has 69 heavy (non-hydrogen) atoms. The van der Waals surface area contributed by atoms with Gasteiger partial charge in [-0.3, -0.25) is 19.2 Å². The molecule has 10 atom stereocenters. The zero-order chi connectivity index (χ0) is 49.3. The van der Waals surface area contributed by atoms with Gasteiger partial charge in [-0.15, -0.1) is 0 Å². The third-order valence-electron chi connectivity index (χ3n) is 11.3. The minimum atomic E-state index is -1.92. The molecular formula is C47H44O22. The number of hydrogen-bond acceptors (Lipinski definition) is 22. The van der Waals surface area contributed by atoms with E-state index in [1.807, 2.05) is 0 Å². The lowest BCUT2D eigenvalue weighted by atomic mass is 9.99. The fourth-order valence-corrected chi connectivity index (χ4v) is 7.56. The van der Waals surface area contributed by atoms with Crippen molar-refractivity contribution in [3.8, 4) is 57.1 Å². The molecule has 2 aliphatic heterocycles. The Bertz CT molecular complexity index is 2750. The van der Waals surface area contributed by atoms with Gasteiger partial charge in [0.1, 0.15) is 136 Å². The summed E-state index contributed by atoms with van der Waals surface area (Å²) in [5.74, 6) is -2.52. The van der Waals surface area contributed by atoms with Crippen LogP contribution in [-0.2, 0) is 28.5 Å². The maximum Gasteiger partial charge on any atom is 0.317 e. The predicted molar refractivity (Wildman–Crippen MR) is 233 cm³/mol. The fraction of sp³-hybridized carbons (Fsp3) is 0.319. The van der Waals surface area contributed by atoms with Crippen LogP contribution in [-0.4, -0.2) is 142 Å². The van der Waals surface area contributed by atoms with Gasteiger partial charge in [0.15, 0.2) is 10.9 Å². The molecule has 8 N–H and O–H groups in total. The summed E-state index contributed by atoms with van der Waals surface area (Å²) >= 11 is 0. The molecule has 0 unspecified atom stereocenters. The third-order valence-corrected chi connectivity index (χ3v) is 11.3. The molecule has 22 heteroatoms. The van der Waals surface area contributed by atoms with Gasteiger partial charge in [-0.05, 0) is 48.5 Å². The van der Waals surface area contributed by atoms with Crippen molar-refractivity contribution >= 4 is 33.9 Å². The summed E-state index contributed by atoms with van der Waals surface area (Å²) in [4.78, 5) is 51.3. The Hall–Kier alpha value is -7.28. The van der Waals surface area contributed by atoms with Crippen LogP contribution in [0.3, 0.4) is 0 Å². The second kappa shape index (κ2) is 20.1. The van der Waals surface area contributed by atoms with Gasteiger partial charge in [0.25, 0.3) is 0 Å². The first-order valence-electron chi connectivity index (χ1n) is 21.0. The van der Waals surface area contributed by atoms with Gasteiger partial charge in [0, 0.05) is 47.5 Å². The van der Waals surface area contributed by atoms with Crippen molar-refractivity contribution in [3.05, 3.63) is 105 Å². The number of aliphatic hydroxyl groups excluding tert-OH is 6. The van der Waals surface area contributed by atoms with Crippen LogP contribution in [0.25, 0.3) is 44.6 Å². The molecule has 0 radical (unpaired) electrons. The van der Waals surface area contributed by atoms with E-state index in [2.05, 4.69) is 0 Å². The predicted octanol–water partition coefficient (Wildman–Crippen LogP) is 1.21. The molecule has 4 aromatic carbocycles. The molecule has 0 amide bonds. The minimum Gasteiger partial charge on any atom is -0.507 e. The fourth-order valence-electron chi connectivity index (χ4n) is 7.56. The highest BCUT2D eigenvalue weighted by Crippen LogP contribution is 2.36. The summed E-state index contributed by atoms with van der Waals surface area (Å²) in [6.45, 7) is -1.58. The minimum absolute atomic E-state index is 0.113.